The average Bonchev–Trinajstić information content (AvgIpc) is 4.17. The van der Waals surface area contributed by atoms with Crippen molar-refractivity contribution in [3.05, 3.63) is 95.5 Å². The number of alkyl halides is 2. The van der Waals surface area contributed by atoms with E-state index in [-0.39, 0.29) is 23.8 Å². The van der Waals surface area contributed by atoms with E-state index in [1.807, 2.05) is 19.1 Å². The maximum Gasteiger partial charge on any atom is 0.328 e. The molecule has 58 heavy (non-hydrogen) atoms. The number of aryl methyl sites for hydroxylation is 3. The highest BCUT2D eigenvalue weighted by atomic mass is 127. The molecule has 8 rings (SSSR count). The fraction of sp³-hybridized carbons (Fsp3) is 0.425. The molecule has 0 bridgehead atoms. The molecular weight excluding hydrogens is 926 g/mol. The maximum atomic E-state index is 11.1. The Bertz CT molecular complexity index is 2040. The summed E-state index contributed by atoms with van der Waals surface area (Å²) in [7, 11) is 0. The SMILES string of the molecule is CCOC(=O)C1CC1C(=O)OCC.Cc1cccn2cc(C3CC3c3cn4cccc(C)c4n3)nc12.Cc1cccnc1N.ClCI.O=C(OCl)C1CC1C(=O)OCl. The second-order valence-electron chi connectivity index (χ2n) is 13.6. The minimum Gasteiger partial charge on any atom is -0.466 e. The van der Waals surface area contributed by atoms with Crippen LogP contribution in [-0.4, -0.2) is 64.7 Å². The molecule has 6 atom stereocenters. The topological polar surface area (TPSA) is 179 Å². The predicted octanol–water partition coefficient (Wildman–Crippen LogP) is 8.23. The van der Waals surface area contributed by atoms with Crippen molar-refractivity contribution < 1.29 is 37.2 Å². The highest BCUT2D eigenvalue weighted by molar-refractivity contribution is 14.1. The Morgan fingerprint density at radius 2 is 1.10 bits per heavy atom. The summed E-state index contributed by atoms with van der Waals surface area (Å²) < 4.78 is 22.3. The molecule has 312 valence electrons. The zero-order chi connectivity index (χ0) is 42.5. The first-order valence-corrected chi connectivity index (χ1v) is 21.2. The van der Waals surface area contributed by atoms with Crippen molar-refractivity contribution in [1.82, 2.24) is 23.8 Å². The third-order valence-corrected chi connectivity index (χ3v) is 9.81. The van der Waals surface area contributed by atoms with Gasteiger partial charge in [-0.05, 0) is 88.8 Å². The number of pyridine rings is 3. The fourth-order valence-corrected chi connectivity index (χ4v) is 6.32. The molecular formula is C40H46Cl3IN6O8. The van der Waals surface area contributed by atoms with Crippen LogP contribution in [0.4, 0.5) is 5.82 Å². The van der Waals surface area contributed by atoms with Crippen molar-refractivity contribution in [3.63, 3.8) is 0 Å². The third kappa shape index (κ3) is 12.7. The molecule has 3 aliphatic carbocycles. The zero-order valence-electron chi connectivity index (χ0n) is 32.6. The minimum absolute atomic E-state index is 0.251. The monoisotopic (exact) mass is 970 g/mol. The molecule has 0 aliphatic heterocycles. The molecule has 14 nitrogen and oxygen atoms in total. The summed E-state index contributed by atoms with van der Waals surface area (Å²) in [6.45, 7) is 10.4. The number of esters is 2. The molecule has 0 spiro atoms. The van der Waals surface area contributed by atoms with E-state index in [1.54, 1.807) is 20.0 Å². The van der Waals surface area contributed by atoms with Gasteiger partial charge in [0.2, 0.25) is 0 Å². The zero-order valence-corrected chi connectivity index (χ0v) is 37.1. The number of ether oxygens (including phenoxy) is 2. The van der Waals surface area contributed by atoms with Gasteiger partial charge in [0.1, 0.15) is 40.8 Å². The Balaban J connectivity index is 0.000000182. The number of imidazole rings is 2. The number of carbonyl (C=O) groups excluding carboxylic acids is 4. The lowest BCUT2D eigenvalue weighted by atomic mass is 10.2. The van der Waals surface area contributed by atoms with E-state index < -0.39 is 23.8 Å². The minimum atomic E-state index is -0.612. The number of hydrogen-bond donors (Lipinski definition) is 1. The Kier molecular flexibility index (Phi) is 17.8. The summed E-state index contributed by atoms with van der Waals surface area (Å²) in [5.74, 6) is -1.61. The first-order valence-electron chi connectivity index (χ1n) is 18.5. The number of carbonyl (C=O) groups is 4. The number of nitrogens with zero attached hydrogens (tertiary/aromatic N) is 5. The number of nitrogen functional groups attached to an aromatic ring is 1. The fourth-order valence-electron chi connectivity index (χ4n) is 6.09. The summed E-state index contributed by atoms with van der Waals surface area (Å²) in [5.41, 5.74) is 13.4. The number of nitrogens with two attached hydrogens (primary N) is 1. The molecule has 3 fully saturated rings. The summed E-state index contributed by atoms with van der Waals surface area (Å²) >= 11 is 16.6. The van der Waals surface area contributed by atoms with Gasteiger partial charge in [-0.2, -0.15) is 0 Å². The van der Waals surface area contributed by atoms with Crippen molar-refractivity contribution in [3.8, 4) is 0 Å². The normalized spacial score (nSPS) is 20.5. The van der Waals surface area contributed by atoms with Gasteiger partial charge in [-0.25, -0.2) is 15.0 Å². The van der Waals surface area contributed by atoms with Crippen molar-refractivity contribution in [2.75, 3.05) is 22.8 Å². The van der Waals surface area contributed by atoms with Gasteiger partial charge in [-0.3, -0.25) is 19.2 Å². The largest absolute Gasteiger partial charge is 0.466 e. The third-order valence-electron chi connectivity index (χ3n) is 9.51. The van der Waals surface area contributed by atoms with Gasteiger partial charge in [0, 0.05) is 42.8 Å². The van der Waals surface area contributed by atoms with E-state index in [0.29, 0.717) is 47.6 Å². The van der Waals surface area contributed by atoms with Crippen LogP contribution < -0.4 is 5.73 Å². The van der Waals surface area contributed by atoms with Crippen LogP contribution in [0.15, 0.2) is 67.4 Å². The van der Waals surface area contributed by atoms with E-state index in [4.69, 9.17) is 60.5 Å². The van der Waals surface area contributed by atoms with Crippen LogP contribution in [0.1, 0.15) is 73.0 Å². The second-order valence-corrected chi connectivity index (χ2v) is 15.9. The van der Waals surface area contributed by atoms with Crippen LogP contribution >= 0.6 is 57.9 Å². The molecule has 5 aromatic heterocycles. The van der Waals surface area contributed by atoms with Crippen LogP contribution in [-0.2, 0) is 37.2 Å². The first-order chi connectivity index (χ1) is 27.8. The lowest BCUT2D eigenvalue weighted by Crippen LogP contribution is -2.13. The van der Waals surface area contributed by atoms with E-state index in [9.17, 15) is 19.2 Å². The smallest absolute Gasteiger partial charge is 0.328 e. The highest BCUT2D eigenvalue weighted by Crippen LogP contribution is 2.54. The molecule has 18 heteroatoms. The highest BCUT2D eigenvalue weighted by Gasteiger charge is 2.51. The van der Waals surface area contributed by atoms with Gasteiger partial charge in [0.05, 0.1) is 52.2 Å². The van der Waals surface area contributed by atoms with Crippen molar-refractivity contribution in [2.24, 2.45) is 23.7 Å². The molecule has 2 N–H and O–H groups in total. The van der Waals surface area contributed by atoms with Crippen LogP contribution in [0.5, 0.6) is 0 Å². The molecule has 0 saturated heterocycles. The Morgan fingerprint density at radius 1 is 0.707 bits per heavy atom. The van der Waals surface area contributed by atoms with Crippen molar-refractivity contribution >= 4 is 98.9 Å². The Labute approximate surface area is 365 Å². The van der Waals surface area contributed by atoms with Gasteiger partial charge in [0.25, 0.3) is 0 Å². The summed E-state index contributed by atoms with van der Waals surface area (Å²) in [6.07, 6.45) is 12.3. The van der Waals surface area contributed by atoms with Gasteiger partial charge in [0.15, 0.2) is 0 Å². The number of rotatable bonds is 8. The van der Waals surface area contributed by atoms with E-state index in [0.717, 1.165) is 23.3 Å². The summed E-state index contributed by atoms with van der Waals surface area (Å²) in [4.78, 5) is 56.9. The lowest BCUT2D eigenvalue weighted by molar-refractivity contribution is -0.150. The van der Waals surface area contributed by atoms with Crippen molar-refractivity contribution in [1.29, 1.82) is 0 Å². The lowest BCUT2D eigenvalue weighted by Gasteiger charge is -2.00. The molecule has 5 heterocycles. The van der Waals surface area contributed by atoms with E-state index in [1.165, 1.54) is 22.5 Å². The molecule has 3 saturated carbocycles. The Morgan fingerprint density at radius 3 is 1.43 bits per heavy atom. The van der Waals surface area contributed by atoms with Crippen LogP contribution in [0.2, 0.25) is 0 Å². The van der Waals surface area contributed by atoms with Gasteiger partial charge in [-0.1, -0.05) is 40.8 Å². The second kappa shape index (κ2) is 22.3. The number of hydrogen-bond acceptors (Lipinski definition) is 12. The van der Waals surface area contributed by atoms with Gasteiger partial charge in [-0.15, -0.1) is 11.6 Å². The van der Waals surface area contributed by atoms with Crippen LogP contribution in [0.25, 0.3) is 11.3 Å². The Hall–Kier alpha value is -4.19. The molecule has 0 radical (unpaired) electrons. The molecule has 0 aromatic carbocycles. The molecule has 5 aromatic rings. The first kappa shape index (κ1) is 46.5. The number of halogens is 4. The average molecular weight is 972 g/mol. The number of anilines is 1. The molecule has 6 unspecified atom stereocenters. The quantitative estimate of drug-likeness (QED) is 0.0896. The summed E-state index contributed by atoms with van der Waals surface area (Å²) in [5, 5.41) is 0. The van der Waals surface area contributed by atoms with E-state index >= 15 is 0 Å². The van der Waals surface area contributed by atoms with Gasteiger partial charge < -0.3 is 32.6 Å². The molecule has 0 amide bonds. The molecule has 3 aliphatic rings. The van der Waals surface area contributed by atoms with Crippen LogP contribution in [0.3, 0.4) is 0 Å². The van der Waals surface area contributed by atoms with Crippen LogP contribution in [0, 0.1) is 44.4 Å². The number of fused-ring (bicyclic) bond motifs is 2. The van der Waals surface area contributed by atoms with Gasteiger partial charge >= 0.3 is 23.9 Å². The summed E-state index contributed by atoms with van der Waals surface area (Å²) in [6, 6.07) is 12.2. The number of aromatic nitrogens is 5. The van der Waals surface area contributed by atoms with Crippen molar-refractivity contribution in [2.45, 2.75) is 65.7 Å². The maximum absolute atomic E-state index is 11.1. The van der Waals surface area contributed by atoms with E-state index in [2.05, 4.69) is 108 Å². The predicted molar refractivity (Wildman–Crippen MR) is 228 cm³/mol. The standard InChI is InChI=1S/C19H18N4.C9H14O4.C6H8N2.C5H4Cl2O4.CH2ClI/c1-12-5-3-7-22-10-16(20-18(12)22)14-9-15(14)17-11-23-8-4-6-13(2)19(23)21-17;1-3-12-8(10)6-5-7(6)9(11)13-4-2;1-5-3-2-4-8-6(5)7;6-10-4(8)2-1-3(2)5(9)11-7;2-1-3/h3-8,10-11,14-15H,9H2,1-2H3;6-7H,3-5H2,1-2H3;2-4H,1H3,(H2,7,8);2-3H,1H2;1H2.